The van der Waals surface area contributed by atoms with Gasteiger partial charge in [-0.1, -0.05) is 54.6 Å². The van der Waals surface area contributed by atoms with E-state index in [1.54, 1.807) is 24.3 Å². The zero-order valence-corrected chi connectivity index (χ0v) is 21.3. The van der Waals surface area contributed by atoms with Crippen molar-refractivity contribution in [3.8, 4) is 5.75 Å². The van der Waals surface area contributed by atoms with Crippen molar-refractivity contribution in [2.24, 2.45) is 0 Å². The first-order valence-corrected chi connectivity index (χ1v) is 13.1. The van der Waals surface area contributed by atoms with E-state index in [0.29, 0.717) is 28.1 Å². The van der Waals surface area contributed by atoms with Crippen LogP contribution >= 0.6 is 11.8 Å². The van der Waals surface area contributed by atoms with E-state index in [4.69, 9.17) is 4.74 Å². The Kier molecular flexibility index (Phi) is 8.38. The number of carbonyl (C=O) groups is 1. The summed E-state index contributed by atoms with van der Waals surface area (Å²) in [5, 5.41) is 10.1. The molecule has 1 aliphatic heterocycles. The monoisotopic (exact) mass is 561 g/mol. The van der Waals surface area contributed by atoms with Gasteiger partial charge in [0.05, 0.1) is 22.0 Å². The number of nitrogens with zero attached hydrogens (tertiary/aromatic N) is 1. The minimum atomic E-state index is -0.973. The van der Waals surface area contributed by atoms with Gasteiger partial charge in [-0.2, -0.15) is 0 Å². The van der Waals surface area contributed by atoms with Crippen LogP contribution in [0.5, 0.6) is 5.75 Å². The summed E-state index contributed by atoms with van der Waals surface area (Å²) >= 11 is 1.48. The number of aromatic carboxylic acids is 1. The Morgan fingerprint density at radius 1 is 0.900 bits per heavy atom. The average molecular weight is 562 g/mol. The molecule has 1 unspecified atom stereocenters. The molecule has 194 valence electrons. The molecule has 1 atom stereocenters. The second-order valence-corrected chi connectivity index (χ2v) is 10.3. The van der Waals surface area contributed by atoms with E-state index in [0.717, 1.165) is 40.1 Å². The number of hydrogen-bond donors (Lipinski definition) is 1. The van der Waals surface area contributed by atoms with Gasteiger partial charge in [0.15, 0.2) is 11.6 Å². The first kappa shape index (κ1) is 28.1. The average Bonchev–Trinajstić information content (AvgIpc) is 3.09. The third kappa shape index (κ3) is 5.69. The van der Waals surface area contributed by atoms with Crippen molar-refractivity contribution in [2.75, 3.05) is 0 Å². The first-order chi connectivity index (χ1) is 19.0. The molecule has 4 aromatic carbocycles. The fourth-order valence-electron chi connectivity index (χ4n) is 4.66. The van der Waals surface area contributed by atoms with Crippen LogP contribution in [-0.4, -0.2) is 45.6 Å². The van der Waals surface area contributed by atoms with Crippen LogP contribution in [0.3, 0.4) is 0 Å². The van der Waals surface area contributed by atoms with Crippen molar-refractivity contribution in [3.05, 3.63) is 136 Å². The molecular weight excluding hydrogens is 539 g/mol. The molecule has 2 heterocycles. The van der Waals surface area contributed by atoms with Crippen LogP contribution in [0.1, 0.15) is 43.6 Å². The predicted molar refractivity (Wildman–Crippen MR) is 156 cm³/mol. The number of fused-ring (bicyclic) bond motifs is 3. The van der Waals surface area contributed by atoms with Crippen molar-refractivity contribution in [2.45, 2.75) is 16.8 Å². The third-order valence-corrected chi connectivity index (χ3v) is 7.95. The molecule has 1 N–H and O–H groups in total. The van der Waals surface area contributed by atoms with E-state index >= 15 is 0 Å². The molecule has 40 heavy (non-hydrogen) atoms. The normalized spacial score (nSPS) is 14.1. The summed E-state index contributed by atoms with van der Waals surface area (Å²) < 4.78 is 33.4. The molecule has 4 nitrogen and oxygen atoms in total. The van der Waals surface area contributed by atoms with E-state index in [1.807, 2.05) is 60.7 Å². The molecule has 0 fully saturated rings. The number of carboxylic acid groups (broad SMARTS) is 1. The van der Waals surface area contributed by atoms with Gasteiger partial charge in [0, 0.05) is 21.9 Å². The van der Waals surface area contributed by atoms with E-state index in [2.05, 4.69) is 11.1 Å². The topological polar surface area (TPSA) is 59.4 Å². The molecule has 0 bridgehead atoms. The quantitative estimate of drug-likeness (QED) is 0.225. The summed E-state index contributed by atoms with van der Waals surface area (Å²) in [7, 11) is 0. The molecule has 1 aromatic heterocycles. The van der Waals surface area contributed by atoms with Gasteiger partial charge in [-0.25, -0.2) is 18.6 Å². The van der Waals surface area contributed by atoms with Gasteiger partial charge < -0.3 is 9.84 Å². The summed E-state index contributed by atoms with van der Waals surface area (Å²) in [6, 6.07) is 26.6. The SMILES string of the molecule is O=C(O)c1ccccc1SC1c2ccccc2COc2ccc(C=Cc3ccc4cc(F)c(F)cc4n3)cc21.[NaH]. The number of aromatic nitrogens is 1. The number of benzene rings is 4. The Bertz CT molecular complexity index is 1780. The summed E-state index contributed by atoms with van der Waals surface area (Å²) in [6.07, 6.45) is 3.72. The second kappa shape index (κ2) is 11.9. The van der Waals surface area contributed by atoms with Crippen molar-refractivity contribution in [3.63, 3.8) is 0 Å². The molecule has 0 amide bonds. The second-order valence-electron chi connectivity index (χ2n) is 9.11. The van der Waals surface area contributed by atoms with E-state index < -0.39 is 17.6 Å². The van der Waals surface area contributed by atoms with Crippen LogP contribution in [-0.2, 0) is 6.61 Å². The Labute approximate surface area is 256 Å². The summed E-state index contributed by atoms with van der Waals surface area (Å²) in [5.41, 5.74) is 5.15. The van der Waals surface area contributed by atoms with Gasteiger partial charge in [0.1, 0.15) is 12.4 Å². The van der Waals surface area contributed by atoms with E-state index in [-0.39, 0.29) is 40.4 Å². The van der Waals surface area contributed by atoms with Gasteiger partial charge in [0.2, 0.25) is 0 Å². The Hall–Kier alpha value is -3.49. The van der Waals surface area contributed by atoms with Gasteiger partial charge in [0.25, 0.3) is 0 Å². The molecular formula is C32H22F2NNaO3S. The minimum absolute atomic E-state index is 0. The molecule has 6 rings (SSSR count). The molecule has 0 spiro atoms. The number of carboxylic acids is 1. The van der Waals surface area contributed by atoms with Crippen molar-refractivity contribution < 1.29 is 23.4 Å². The van der Waals surface area contributed by atoms with Crippen LogP contribution in [0.2, 0.25) is 0 Å². The van der Waals surface area contributed by atoms with Gasteiger partial charge in [-0.15, -0.1) is 11.8 Å². The molecule has 0 radical (unpaired) electrons. The summed E-state index contributed by atoms with van der Waals surface area (Å²) in [6.45, 7) is 0.411. The Morgan fingerprint density at radius 2 is 1.68 bits per heavy atom. The van der Waals surface area contributed by atoms with Crippen molar-refractivity contribution in [1.29, 1.82) is 0 Å². The van der Waals surface area contributed by atoms with Crippen LogP contribution < -0.4 is 4.74 Å². The van der Waals surface area contributed by atoms with Crippen LogP contribution in [0.4, 0.5) is 8.78 Å². The molecule has 0 saturated carbocycles. The molecule has 1 aliphatic rings. The predicted octanol–water partition coefficient (Wildman–Crippen LogP) is 7.51. The van der Waals surface area contributed by atoms with Crippen LogP contribution in [0.25, 0.3) is 23.1 Å². The Morgan fingerprint density at radius 3 is 2.52 bits per heavy atom. The van der Waals surface area contributed by atoms with Gasteiger partial charge in [-0.3, -0.25) is 0 Å². The number of rotatable bonds is 5. The van der Waals surface area contributed by atoms with E-state index in [9.17, 15) is 18.7 Å². The standard InChI is InChI=1S/C32H21F2NO3S.Na.H/c33-26-16-20-11-13-22(35-28(20)17-27(26)34)12-9-19-10-14-29-25(15-19)31(23-6-2-1-5-21(23)18-38-29)39-30-8-4-3-7-24(30)32(36)37;;/h1-17,31H,18H2,(H,36,37);;. The summed E-state index contributed by atoms with van der Waals surface area (Å²) in [5.74, 6) is -2.08. The summed E-state index contributed by atoms with van der Waals surface area (Å²) in [4.78, 5) is 17.0. The number of pyridine rings is 1. The zero-order chi connectivity index (χ0) is 26.9. The third-order valence-electron chi connectivity index (χ3n) is 6.60. The van der Waals surface area contributed by atoms with Gasteiger partial charge >= 0.3 is 35.5 Å². The van der Waals surface area contributed by atoms with Gasteiger partial charge in [-0.05, 0) is 59.2 Å². The van der Waals surface area contributed by atoms with E-state index in [1.165, 1.54) is 11.8 Å². The molecule has 0 saturated heterocycles. The number of halogens is 2. The molecule has 8 heteroatoms. The van der Waals surface area contributed by atoms with Crippen LogP contribution in [0, 0.1) is 11.6 Å². The maximum absolute atomic E-state index is 13.7. The number of hydrogen-bond acceptors (Lipinski definition) is 4. The maximum atomic E-state index is 13.7. The fraction of sp³-hybridized carbons (Fsp3) is 0.0625. The fourth-order valence-corrected chi connectivity index (χ4v) is 6.02. The number of ether oxygens (including phenoxy) is 1. The first-order valence-electron chi connectivity index (χ1n) is 12.2. The van der Waals surface area contributed by atoms with Crippen molar-refractivity contribution >= 4 is 70.3 Å². The molecule has 0 aliphatic carbocycles. The zero-order valence-electron chi connectivity index (χ0n) is 20.5. The molecule has 5 aromatic rings. The number of thioether (sulfide) groups is 1. The van der Waals surface area contributed by atoms with Crippen LogP contribution in [0.15, 0.2) is 95.9 Å². The Balaban J connectivity index is 0.00000323. The van der Waals surface area contributed by atoms with Crippen molar-refractivity contribution in [1.82, 2.24) is 4.98 Å².